The first-order chi connectivity index (χ1) is 15.7. The minimum absolute atomic E-state index is 0. The first-order valence-electron chi connectivity index (χ1n) is 12.0. The first-order valence-corrected chi connectivity index (χ1v) is 13.2. The molecular weight excluding hydrogens is 534 g/mol. The summed E-state index contributed by atoms with van der Waals surface area (Å²) in [7, 11) is 0. The SMILES string of the molecule is CCCC[C](=[Zr+2])CCCC.[Cl-].[Cl-].[c-]1cccc2ccc3c(c12)Cc1ccccc1-3.c1cc[cH-]c1. The number of halogens is 2. The van der Waals surface area contributed by atoms with Crippen molar-refractivity contribution in [2.75, 3.05) is 0 Å². The van der Waals surface area contributed by atoms with Gasteiger partial charge in [-0.15, -0.1) is 40.6 Å². The average Bonchev–Trinajstić information content (AvgIpc) is 3.53. The van der Waals surface area contributed by atoms with Gasteiger partial charge in [0.2, 0.25) is 0 Å². The monoisotopic (exact) mass is 566 g/mol. The van der Waals surface area contributed by atoms with Crippen molar-refractivity contribution in [3.8, 4) is 11.1 Å². The second kappa shape index (κ2) is 17.1. The molecule has 0 amide bonds. The van der Waals surface area contributed by atoms with E-state index >= 15 is 0 Å². The van der Waals surface area contributed by atoms with Crippen molar-refractivity contribution >= 4 is 14.0 Å². The van der Waals surface area contributed by atoms with Crippen molar-refractivity contribution in [1.29, 1.82) is 0 Å². The summed E-state index contributed by atoms with van der Waals surface area (Å²) in [5.41, 5.74) is 5.65. The summed E-state index contributed by atoms with van der Waals surface area (Å²) >= 11 is 1.67. The summed E-state index contributed by atoms with van der Waals surface area (Å²) in [5, 5.41) is 2.57. The van der Waals surface area contributed by atoms with Crippen molar-refractivity contribution in [2.45, 2.75) is 58.8 Å². The van der Waals surface area contributed by atoms with Crippen LogP contribution in [0.2, 0.25) is 0 Å². The average molecular weight is 569 g/mol. The van der Waals surface area contributed by atoms with Gasteiger partial charge in [-0.2, -0.15) is 18.2 Å². The molecule has 0 nitrogen and oxygen atoms in total. The molecule has 34 heavy (non-hydrogen) atoms. The van der Waals surface area contributed by atoms with E-state index in [0.29, 0.717) is 0 Å². The maximum atomic E-state index is 3.39. The quantitative estimate of drug-likeness (QED) is 0.277. The van der Waals surface area contributed by atoms with E-state index in [2.05, 4.69) is 68.4 Å². The molecule has 0 aliphatic heterocycles. The van der Waals surface area contributed by atoms with Crippen LogP contribution in [0, 0.1) is 6.07 Å². The Labute approximate surface area is 233 Å². The van der Waals surface area contributed by atoms with Crippen molar-refractivity contribution in [2.24, 2.45) is 0 Å². The zero-order valence-corrected chi connectivity index (χ0v) is 24.3. The number of unbranched alkanes of at least 4 members (excludes halogenated alkanes) is 2. The van der Waals surface area contributed by atoms with Crippen LogP contribution < -0.4 is 24.8 Å². The second-order valence-corrected chi connectivity index (χ2v) is 10.1. The Balaban J connectivity index is 0.000000293. The summed E-state index contributed by atoms with van der Waals surface area (Å²) < 4.78 is 1.79. The number of hydrogen-bond acceptors (Lipinski definition) is 0. The first kappa shape index (κ1) is 30.6. The van der Waals surface area contributed by atoms with Gasteiger partial charge >= 0.3 is 79.8 Å². The molecule has 0 fully saturated rings. The normalized spacial score (nSPS) is 10.4. The number of benzene rings is 3. The van der Waals surface area contributed by atoms with Crippen LogP contribution >= 0.6 is 0 Å². The molecule has 0 unspecified atom stereocenters. The third-order valence-electron chi connectivity index (χ3n) is 5.84. The van der Waals surface area contributed by atoms with E-state index in [1.54, 1.807) is 27.4 Å². The molecule has 0 atom stereocenters. The molecule has 0 saturated heterocycles. The molecule has 5 rings (SSSR count). The Morgan fingerprint density at radius 2 is 1.50 bits per heavy atom. The van der Waals surface area contributed by atoms with E-state index in [9.17, 15) is 0 Å². The number of hydrogen-bond donors (Lipinski definition) is 0. The van der Waals surface area contributed by atoms with Gasteiger partial charge in [-0.25, -0.2) is 12.1 Å². The van der Waals surface area contributed by atoms with Crippen LogP contribution in [0.1, 0.15) is 63.5 Å². The molecule has 178 valence electrons. The van der Waals surface area contributed by atoms with Crippen molar-refractivity contribution < 1.29 is 49.0 Å². The molecule has 0 radical (unpaired) electrons. The predicted molar refractivity (Wildman–Crippen MR) is 137 cm³/mol. The van der Waals surface area contributed by atoms with Crippen molar-refractivity contribution in [3.05, 3.63) is 102 Å². The summed E-state index contributed by atoms with van der Waals surface area (Å²) in [6, 6.07) is 32.7. The van der Waals surface area contributed by atoms with Gasteiger partial charge in [-0.1, -0.05) is 42.0 Å². The zero-order valence-electron chi connectivity index (χ0n) is 20.3. The largest absolute Gasteiger partial charge is 1.00 e. The molecule has 3 heteroatoms. The minimum Gasteiger partial charge on any atom is -1.00 e. The van der Waals surface area contributed by atoms with Crippen LogP contribution in [0.15, 0.2) is 84.9 Å². The Morgan fingerprint density at radius 1 is 0.824 bits per heavy atom. The summed E-state index contributed by atoms with van der Waals surface area (Å²) in [6.45, 7) is 4.53. The van der Waals surface area contributed by atoms with Gasteiger partial charge < -0.3 is 24.8 Å². The van der Waals surface area contributed by atoms with E-state index in [4.69, 9.17) is 0 Å². The van der Waals surface area contributed by atoms with Crippen LogP contribution in [0.3, 0.4) is 0 Å². The maximum Gasteiger partial charge on any atom is -0.0246 e. The summed E-state index contributed by atoms with van der Waals surface area (Å²) in [5.74, 6) is 0. The fourth-order valence-corrected chi connectivity index (χ4v) is 4.92. The second-order valence-electron chi connectivity index (χ2n) is 8.33. The van der Waals surface area contributed by atoms with E-state index < -0.39 is 0 Å². The Hall–Kier alpha value is -1.40. The molecule has 0 bridgehead atoms. The Morgan fingerprint density at radius 3 is 2.12 bits per heavy atom. The molecule has 0 heterocycles. The predicted octanol–water partition coefficient (Wildman–Crippen LogP) is 2.71. The molecule has 1 aliphatic carbocycles. The van der Waals surface area contributed by atoms with Crippen molar-refractivity contribution in [3.63, 3.8) is 0 Å². The van der Waals surface area contributed by atoms with Gasteiger partial charge in [0.1, 0.15) is 0 Å². The van der Waals surface area contributed by atoms with Crippen LogP contribution in [0.25, 0.3) is 21.9 Å². The third-order valence-corrected chi connectivity index (χ3v) is 7.07. The van der Waals surface area contributed by atoms with Crippen LogP contribution in [0.5, 0.6) is 0 Å². The van der Waals surface area contributed by atoms with Gasteiger partial charge in [0, 0.05) is 0 Å². The molecule has 0 N–H and O–H groups in total. The molecule has 0 saturated carbocycles. The standard InChI is InChI=1S/C17H11.C9H18.C5H5.2ClH.Zr/c1-3-7-14-12(5-1)9-10-16-15-8-4-2-6-13(15)11-17(14)16;1-3-5-7-9-8-6-4-2;1-2-4-5-3-1;;;/h1-6,8-10H,11H2;3-8H2,1-2H3;1-5H;2*1H;/q-1;;-1;;;+2/p-2. The Bertz CT molecular complexity index is 1070. The van der Waals surface area contributed by atoms with Crippen LogP contribution in [-0.4, -0.2) is 3.21 Å². The maximum absolute atomic E-state index is 3.39. The van der Waals surface area contributed by atoms with Gasteiger partial charge in [-0.05, 0) is 17.5 Å². The zero-order chi connectivity index (χ0) is 22.6. The van der Waals surface area contributed by atoms with Crippen LogP contribution in [-0.2, 0) is 30.7 Å². The van der Waals surface area contributed by atoms with Gasteiger partial charge in [-0.3, -0.25) is 0 Å². The number of rotatable bonds is 6. The van der Waals surface area contributed by atoms with Gasteiger partial charge in [0.05, 0.1) is 0 Å². The summed E-state index contributed by atoms with van der Waals surface area (Å²) in [4.78, 5) is 0. The van der Waals surface area contributed by atoms with Crippen molar-refractivity contribution in [1.82, 2.24) is 0 Å². The van der Waals surface area contributed by atoms with Gasteiger partial charge in [0.25, 0.3) is 0 Å². The minimum atomic E-state index is 0. The fraction of sp³-hybridized carbons (Fsp3) is 0.290. The molecule has 4 aromatic rings. The van der Waals surface area contributed by atoms with E-state index in [1.165, 1.54) is 71.6 Å². The molecule has 1 aliphatic rings. The molecule has 0 aromatic heterocycles. The smallest absolute Gasteiger partial charge is 0.0246 e. The third kappa shape index (κ3) is 9.00. The van der Waals surface area contributed by atoms with E-state index in [0.717, 1.165) is 6.42 Å². The van der Waals surface area contributed by atoms with E-state index in [-0.39, 0.29) is 24.8 Å². The van der Waals surface area contributed by atoms with Gasteiger partial charge in [0.15, 0.2) is 0 Å². The summed E-state index contributed by atoms with van der Waals surface area (Å²) in [6.07, 6.45) is 9.36. The molecule has 4 aromatic carbocycles. The topological polar surface area (TPSA) is 0 Å². The Kier molecular flexibility index (Phi) is 15.4. The van der Waals surface area contributed by atoms with Crippen LogP contribution in [0.4, 0.5) is 0 Å². The molecular formula is C31H34Cl2Zr-2. The molecule has 0 spiro atoms. The van der Waals surface area contributed by atoms with E-state index in [1.807, 2.05) is 36.4 Å². The fourth-order valence-electron chi connectivity index (χ4n) is 4.05. The number of fused-ring (bicyclic) bond motifs is 5.